The van der Waals surface area contributed by atoms with Gasteiger partial charge in [0.2, 0.25) is 0 Å². The Labute approximate surface area is 171 Å². The van der Waals surface area contributed by atoms with E-state index in [4.69, 9.17) is 4.74 Å². The van der Waals surface area contributed by atoms with Gasteiger partial charge in [-0.05, 0) is 73.4 Å². The van der Waals surface area contributed by atoms with Gasteiger partial charge in [0.25, 0.3) is 0 Å². The summed E-state index contributed by atoms with van der Waals surface area (Å²) >= 11 is 0. The Morgan fingerprint density at radius 1 is 0.821 bits per heavy atom. The molecule has 0 heterocycles. The van der Waals surface area contributed by atoms with Gasteiger partial charge in [0.15, 0.2) is 0 Å². The Kier molecular flexibility index (Phi) is 8.04. The molecule has 1 aliphatic rings. The SMILES string of the molecule is CCCCCOc1ccc(-c2ccc(C#CC3CCC(CC)CC3)cc2)cc1. The summed E-state index contributed by atoms with van der Waals surface area (Å²) in [7, 11) is 0. The second-order valence-corrected chi connectivity index (χ2v) is 8.05. The van der Waals surface area contributed by atoms with Crippen molar-refractivity contribution < 1.29 is 4.74 Å². The lowest BCUT2D eigenvalue weighted by atomic mass is 9.81. The van der Waals surface area contributed by atoms with Gasteiger partial charge in [-0.2, -0.15) is 0 Å². The average molecular weight is 375 g/mol. The Bertz CT molecular complexity index is 753. The lowest BCUT2D eigenvalue weighted by Crippen LogP contribution is -2.12. The molecule has 1 heteroatoms. The van der Waals surface area contributed by atoms with Gasteiger partial charge in [-0.15, -0.1) is 0 Å². The lowest BCUT2D eigenvalue weighted by molar-refractivity contribution is 0.306. The van der Waals surface area contributed by atoms with E-state index in [1.807, 2.05) is 0 Å². The second kappa shape index (κ2) is 11.0. The van der Waals surface area contributed by atoms with Crippen molar-refractivity contribution in [2.75, 3.05) is 6.61 Å². The Balaban J connectivity index is 1.54. The maximum atomic E-state index is 5.80. The fraction of sp³-hybridized carbons (Fsp3) is 0.481. The number of unbranched alkanes of at least 4 members (excludes halogenated alkanes) is 2. The molecule has 0 unspecified atom stereocenters. The van der Waals surface area contributed by atoms with Crippen LogP contribution >= 0.6 is 0 Å². The van der Waals surface area contributed by atoms with Gasteiger partial charge in [0.05, 0.1) is 6.61 Å². The smallest absolute Gasteiger partial charge is 0.119 e. The fourth-order valence-electron chi connectivity index (χ4n) is 3.93. The molecule has 0 amide bonds. The first-order valence-electron chi connectivity index (χ1n) is 11.1. The predicted octanol–water partition coefficient (Wildman–Crippen LogP) is 7.49. The van der Waals surface area contributed by atoms with E-state index in [-0.39, 0.29) is 0 Å². The van der Waals surface area contributed by atoms with E-state index in [2.05, 4.69) is 74.2 Å². The number of benzene rings is 2. The van der Waals surface area contributed by atoms with Crippen molar-refractivity contribution in [2.24, 2.45) is 11.8 Å². The van der Waals surface area contributed by atoms with Crippen LogP contribution in [0.15, 0.2) is 48.5 Å². The largest absolute Gasteiger partial charge is 0.494 e. The third-order valence-corrected chi connectivity index (χ3v) is 5.93. The molecule has 1 aliphatic carbocycles. The molecule has 0 bridgehead atoms. The average Bonchev–Trinajstić information content (AvgIpc) is 2.76. The standard InChI is InChI=1S/C27H34O/c1-3-5-6-21-28-27-19-17-26(18-20-27)25-15-13-24(14-16-25)12-11-23-9-7-22(4-2)8-10-23/h13-20,22-23H,3-10,21H2,1-2H3. The molecule has 1 fully saturated rings. The zero-order chi connectivity index (χ0) is 19.6. The van der Waals surface area contributed by atoms with Crippen molar-refractivity contribution in [3.8, 4) is 28.7 Å². The van der Waals surface area contributed by atoms with Gasteiger partial charge >= 0.3 is 0 Å². The Morgan fingerprint density at radius 3 is 2.07 bits per heavy atom. The topological polar surface area (TPSA) is 9.23 Å². The molecule has 0 saturated heterocycles. The summed E-state index contributed by atoms with van der Waals surface area (Å²) in [6.07, 6.45) is 10.2. The highest BCUT2D eigenvalue weighted by molar-refractivity contribution is 5.65. The Hall–Kier alpha value is -2.20. The quantitative estimate of drug-likeness (QED) is 0.360. The highest BCUT2D eigenvalue weighted by atomic mass is 16.5. The van der Waals surface area contributed by atoms with Crippen molar-refractivity contribution >= 4 is 0 Å². The third-order valence-electron chi connectivity index (χ3n) is 5.93. The molecular formula is C27H34O. The Morgan fingerprint density at radius 2 is 1.46 bits per heavy atom. The number of rotatable bonds is 7. The summed E-state index contributed by atoms with van der Waals surface area (Å²) in [4.78, 5) is 0. The summed E-state index contributed by atoms with van der Waals surface area (Å²) in [5.41, 5.74) is 3.57. The molecule has 148 valence electrons. The first-order chi connectivity index (χ1) is 13.8. The summed E-state index contributed by atoms with van der Waals surface area (Å²) in [6, 6.07) is 17.1. The van der Waals surface area contributed by atoms with E-state index in [9.17, 15) is 0 Å². The highest BCUT2D eigenvalue weighted by Crippen LogP contribution is 2.30. The zero-order valence-electron chi connectivity index (χ0n) is 17.5. The van der Waals surface area contributed by atoms with Crippen LogP contribution in [0.25, 0.3) is 11.1 Å². The van der Waals surface area contributed by atoms with Gasteiger partial charge in [0, 0.05) is 11.5 Å². The molecule has 3 rings (SSSR count). The molecule has 0 aromatic heterocycles. The minimum absolute atomic E-state index is 0.590. The van der Waals surface area contributed by atoms with Crippen molar-refractivity contribution in [2.45, 2.75) is 65.2 Å². The third kappa shape index (κ3) is 6.16. The molecule has 0 atom stereocenters. The van der Waals surface area contributed by atoms with Crippen molar-refractivity contribution in [1.29, 1.82) is 0 Å². The van der Waals surface area contributed by atoms with E-state index in [1.165, 1.54) is 56.1 Å². The van der Waals surface area contributed by atoms with Gasteiger partial charge in [-0.3, -0.25) is 0 Å². The zero-order valence-corrected chi connectivity index (χ0v) is 17.5. The van der Waals surface area contributed by atoms with Crippen LogP contribution in [-0.4, -0.2) is 6.61 Å². The summed E-state index contributed by atoms with van der Waals surface area (Å²) in [5, 5.41) is 0. The van der Waals surface area contributed by atoms with Crippen molar-refractivity contribution in [1.82, 2.24) is 0 Å². The first-order valence-corrected chi connectivity index (χ1v) is 11.1. The monoisotopic (exact) mass is 374 g/mol. The van der Waals surface area contributed by atoms with Crippen molar-refractivity contribution in [3.63, 3.8) is 0 Å². The maximum Gasteiger partial charge on any atom is 0.119 e. The summed E-state index contributed by atoms with van der Waals surface area (Å²) in [5.74, 6) is 9.39. The highest BCUT2D eigenvalue weighted by Gasteiger charge is 2.17. The van der Waals surface area contributed by atoms with E-state index in [1.54, 1.807) is 0 Å². The van der Waals surface area contributed by atoms with E-state index < -0.39 is 0 Å². The number of hydrogen-bond donors (Lipinski definition) is 0. The molecule has 1 saturated carbocycles. The molecule has 0 N–H and O–H groups in total. The van der Waals surface area contributed by atoms with Crippen LogP contribution in [0.1, 0.15) is 70.8 Å². The van der Waals surface area contributed by atoms with E-state index >= 15 is 0 Å². The minimum Gasteiger partial charge on any atom is -0.494 e. The molecule has 0 spiro atoms. The molecule has 0 aliphatic heterocycles. The minimum atomic E-state index is 0.590. The van der Waals surface area contributed by atoms with Crippen LogP contribution in [0.4, 0.5) is 0 Å². The first kappa shape index (κ1) is 20.5. The van der Waals surface area contributed by atoms with Gasteiger partial charge in [0.1, 0.15) is 5.75 Å². The normalized spacial score (nSPS) is 18.9. The lowest BCUT2D eigenvalue weighted by Gasteiger charge is -2.24. The van der Waals surface area contributed by atoms with Gasteiger partial charge in [-0.25, -0.2) is 0 Å². The van der Waals surface area contributed by atoms with Crippen LogP contribution in [0, 0.1) is 23.7 Å². The molecule has 2 aromatic rings. The summed E-state index contributed by atoms with van der Waals surface area (Å²) in [6.45, 7) is 5.33. The van der Waals surface area contributed by atoms with Gasteiger partial charge < -0.3 is 4.74 Å². The van der Waals surface area contributed by atoms with Crippen LogP contribution in [0.5, 0.6) is 5.75 Å². The van der Waals surface area contributed by atoms with Crippen LogP contribution in [0.2, 0.25) is 0 Å². The van der Waals surface area contributed by atoms with Crippen LogP contribution in [0.3, 0.4) is 0 Å². The molecule has 2 aromatic carbocycles. The maximum absolute atomic E-state index is 5.80. The molecule has 28 heavy (non-hydrogen) atoms. The number of hydrogen-bond acceptors (Lipinski definition) is 1. The summed E-state index contributed by atoms with van der Waals surface area (Å²) < 4.78 is 5.80. The molecule has 1 nitrogen and oxygen atoms in total. The predicted molar refractivity (Wildman–Crippen MR) is 120 cm³/mol. The van der Waals surface area contributed by atoms with Crippen LogP contribution in [-0.2, 0) is 0 Å². The second-order valence-electron chi connectivity index (χ2n) is 8.05. The van der Waals surface area contributed by atoms with Crippen molar-refractivity contribution in [3.05, 3.63) is 54.1 Å². The van der Waals surface area contributed by atoms with E-state index in [0.717, 1.165) is 30.3 Å². The fourth-order valence-corrected chi connectivity index (χ4v) is 3.93. The van der Waals surface area contributed by atoms with Gasteiger partial charge in [-0.1, -0.05) is 69.2 Å². The van der Waals surface area contributed by atoms with E-state index in [0.29, 0.717) is 5.92 Å². The number of ether oxygens (including phenoxy) is 1. The molecular weight excluding hydrogens is 340 g/mol. The molecule has 0 radical (unpaired) electrons. The van der Waals surface area contributed by atoms with Crippen LogP contribution < -0.4 is 4.74 Å².